The van der Waals surface area contributed by atoms with Gasteiger partial charge >= 0.3 is 5.97 Å². The molecule has 0 aromatic carbocycles. The van der Waals surface area contributed by atoms with Crippen LogP contribution in [0.25, 0.3) is 0 Å². The van der Waals surface area contributed by atoms with Gasteiger partial charge in [-0.3, -0.25) is 4.79 Å². The average Bonchev–Trinajstić information content (AvgIpc) is 2.52. The van der Waals surface area contributed by atoms with E-state index in [0.717, 1.165) is 23.9 Å². The summed E-state index contributed by atoms with van der Waals surface area (Å²) in [6, 6.07) is -1.17. The van der Waals surface area contributed by atoms with Crippen LogP contribution in [0.2, 0.25) is 0 Å². The van der Waals surface area contributed by atoms with Gasteiger partial charge in [0.05, 0.1) is 6.61 Å². The van der Waals surface area contributed by atoms with Gasteiger partial charge in [-0.25, -0.2) is 4.79 Å². The zero-order chi connectivity index (χ0) is 17.5. The molecule has 6 heteroatoms. The fourth-order valence-electron chi connectivity index (χ4n) is 2.53. The molecule has 0 radical (unpaired) electrons. The summed E-state index contributed by atoms with van der Waals surface area (Å²) < 4.78 is 1.05. The number of aliphatic hydroxyl groups excluding tert-OH is 1. The fraction of sp³-hybridized carbons (Fsp3) is 0.882. The van der Waals surface area contributed by atoms with Crippen LogP contribution < -0.4 is 0 Å². The predicted octanol–water partition coefficient (Wildman–Crippen LogP) is 3.75. The number of carbonyl (C=O) groups excluding carboxylic acids is 1. The van der Waals surface area contributed by atoms with E-state index in [1.165, 1.54) is 51.4 Å². The van der Waals surface area contributed by atoms with E-state index in [1.807, 2.05) is 0 Å². The Morgan fingerprint density at radius 1 is 0.913 bits per heavy atom. The molecule has 0 aliphatic heterocycles. The molecule has 0 fully saturated rings. The summed E-state index contributed by atoms with van der Waals surface area (Å²) in [4.78, 5) is 22.7. The molecule has 0 aliphatic rings. The van der Waals surface area contributed by atoms with E-state index in [2.05, 4.69) is 16.3 Å². The normalized spacial score (nSPS) is 12.1. The highest BCUT2D eigenvalue weighted by atomic mass is 31.0. The third-order valence-corrected chi connectivity index (χ3v) is 4.72. The van der Waals surface area contributed by atoms with E-state index >= 15 is 0 Å². The largest absolute Gasteiger partial charge is 0.480 e. The molecule has 23 heavy (non-hydrogen) atoms. The van der Waals surface area contributed by atoms with Crippen LogP contribution in [0.4, 0.5) is 0 Å². The van der Waals surface area contributed by atoms with E-state index in [9.17, 15) is 9.59 Å². The third-order valence-electron chi connectivity index (χ3n) is 4.08. The average molecular weight is 347 g/mol. The minimum atomic E-state index is -1.19. The number of nitrogens with zero attached hydrogens (tertiary/aromatic N) is 1. The van der Waals surface area contributed by atoms with Gasteiger partial charge in [0.15, 0.2) is 6.04 Å². The van der Waals surface area contributed by atoms with Gasteiger partial charge in [0.25, 0.3) is 0 Å². The van der Waals surface area contributed by atoms with Crippen molar-refractivity contribution in [3.63, 3.8) is 0 Å². The number of aliphatic hydroxyl groups is 1. The molecular formula is C17H34NO4P. The third kappa shape index (κ3) is 11.5. The lowest BCUT2D eigenvalue weighted by Gasteiger charge is -2.22. The van der Waals surface area contributed by atoms with Crippen LogP contribution in [0.15, 0.2) is 0 Å². The van der Waals surface area contributed by atoms with E-state index in [0.29, 0.717) is 6.42 Å². The SMILES string of the molecule is CCCCCCCCCCCCCC(=O)N(P)C(CO)C(=O)O. The minimum Gasteiger partial charge on any atom is -0.480 e. The minimum absolute atomic E-state index is 0.243. The van der Waals surface area contributed by atoms with Crippen molar-refractivity contribution in [3.05, 3.63) is 0 Å². The zero-order valence-electron chi connectivity index (χ0n) is 14.5. The first-order chi connectivity index (χ1) is 11.0. The molecule has 2 atom stereocenters. The van der Waals surface area contributed by atoms with Crippen molar-refractivity contribution in [1.29, 1.82) is 0 Å². The maximum Gasteiger partial charge on any atom is 0.329 e. The summed E-state index contributed by atoms with van der Waals surface area (Å²) >= 11 is 0. The van der Waals surface area contributed by atoms with Crippen LogP contribution in [0.1, 0.15) is 84.0 Å². The summed E-state index contributed by atoms with van der Waals surface area (Å²) in [6.45, 7) is 1.66. The Balaban J connectivity index is 3.53. The van der Waals surface area contributed by atoms with Gasteiger partial charge < -0.3 is 14.9 Å². The van der Waals surface area contributed by atoms with E-state index in [-0.39, 0.29) is 5.91 Å². The molecule has 2 N–H and O–H groups in total. The topological polar surface area (TPSA) is 77.8 Å². The molecule has 5 nitrogen and oxygen atoms in total. The Morgan fingerprint density at radius 2 is 1.35 bits per heavy atom. The first-order valence-corrected chi connectivity index (χ1v) is 9.46. The summed E-state index contributed by atoms with van der Waals surface area (Å²) in [5, 5.41) is 17.9. The van der Waals surface area contributed by atoms with Crippen LogP contribution in [-0.4, -0.2) is 39.4 Å². The number of unbranched alkanes of at least 4 members (excludes halogenated alkanes) is 10. The molecule has 0 bridgehead atoms. The smallest absolute Gasteiger partial charge is 0.329 e. The molecule has 0 spiro atoms. The fourth-order valence-corrected chi connectivity index (χ4v) is 2.88. The Hall–Kier alpha value is -0.670. The predicted molar refractivity (Wildman–Crippen MR) is 96.1 cm³/mol. The lowest BCUT2D eigenvalue weighted by Crippen LogP contribution is -2.41. The van der Waals surface area contributed by atoms with Crippen molar-refractivity contribution in [2.75, 3.05) is 6.61 Å². The van der Waals surface area contributed by atoms with Gasteiger partial charge in [-0.1, -0.05) is 71.1 Å². The standard InChI is InChI=1S/C17H34NO4P/c1-2-3-4-5-6-7-8-9-10-11-12-13-16(20)18(23)15(14-19)17(21)22/h15,19H,2-14,23H2,1H3,(H,21,22). The summed E-state index contributed by atoms with van der Waals surface area (Å²) in [5.74, 6) is -1.43. The number of amides is 1. The second-order valence-corrected chi connectivity index (χ2v) is 6.68. The second kappa shape index (κ2) is 14.9. The van der Waals surface area contributed by atoms with Crippen molar-refractivity contribution in [2.24, 2.45) is 0 Å². The molecule has 0 rings (SSSR count). The highest BCUT2D eigenvalue weighted by Gasteiger charge is 2.25. The van der Waals surface area contributed by atoms with Crippen LogP contribution in [0, 0.1) is 0 Å². The van der Waals surface area contributed by atoms with Crippen LogP contribution in [0.3, 0.4) is 0 Å². The number of carboxylic acids is 1. The molecule has 1 amide bonds. The van der Waals surface area contributed by atoms with E-state index < -0.39 is 18.6 Å². The molecule has 0 saturated carbocycles. The van der Waals surface area contributed by atoms with Crippen LogP contribution in [0.5, 0.6) is 0 Å². The van der Waals surface area contributed by atoms with Crippen LogP contribution >= 0.6 is 9.39 Å². The monoisotopic (exact) mass is 347 g/mol. The molecule has 0 aromatic heterocycles. The van der Waals surface area contributed by atoms with Crippen molar-refractivity contribution in [1.82, 2.24) is 4.67 Å². The van der Waals surface area contributed by atoms with Gasteiger partial charge in [-0.2, -0.15) is 0 Å². The summed E-state index contributed by atoms with van der Waals surface area (Å²) in [7, 11) is 2.11. The number of aliphatic carboxylic acids is 1. The number of hydrogen-bond acceptors (Lipinski definition) is 3. The zero-order valence-corrected chi connectivity index (χ0v) is 15.7. The van der Waals surface area contributed by atoms with E-state index in [1.54, 1.807) is 0 Å². The van der Waals surface area contributed by atoms with Gasteiger partial charge in [0.2, 0.25) is 5.91 Å². The second-order valence-electron chi connectivity index (χ2n) is 6.12. The molecule has 0 aliphatic carbocycles. The Labute approximate surface area is 143 Å². The first kappa shape index (κ1) is 22.3. The maximum absolute atomic E-state index is 11.8. The number of carboxylic acid groups (broad SMARTS) is 1. The lowest BCUT2D eigenvalue weighted by atomic mass is 10.1. The lowest BCUT2D eigenvalue weighted by molar-refractivity contribution is -0.147. The van der Waals surface area contributed by atoms with Gasteiger partial charge in [-0.15, -0.1) is 0 Å². The molecular weight excluding hydrogens is 313 g/mol. The van der Waals surface area contributed by atoms with Crippen molar-refractivity contribution >= 4 is 21.3 Å². The van der Waals surface area contributed by atoms with Gasteiger partial charge in [0.1, 0.15) is 0 Å². The van der Waals surface area contributed by atoms with Gasteiger partial charge in [0, 0.05) is 6.42 Å². The summed E-state index contributed by atoms with van der Waals surface area (Å²) in [5.41, 5.74) is 0. The highest BCUT2D eigenvalue weighted by Crippen LogP contribution is 2.14. The maximum atomic E-state index is 11.8. The Bertz CT molecular complexity index is 326. The quantitative estimate of drug-likeness (QED) is 0.349. The first-order valence-electron chi connectivity index (χ1n) is 8.95. The number of carbonyl (C=O) groups is 2. The van der Waals surface area contributed by atoms with Gasteiger partial charge in [-0.05, 0) is 15.8 Å². The molecule has 0 saturated heterocycles. The molecule has 0 heterocycles. The highest BCUT2D eigenvalue weighted by molar-refractivity contribution is 7.14. The molecule has 0 aromatic rings. The summed E-state index contributed by atoms with van der Waals surface area (Å²) in [6.07, 6.45) is 13.7. The number of hydrogen-bond donors (Lipinski definition) is 2. The number of rotatable bonds is 15. The van der Waals surface area contributed by atoms with E-state index in [4.69, 9.17) is 10.2 Å². The van der Waals surface area contributed by atoms with Crippen molar-refractivity contribution < 1.29 is 19.8 Å². The Kier molecular flexibility index (Phi) is 14.5. The Morgan fingerprint density at radius 3 is 1.74 bits per heavy atom. The van der Waals surface area contributed by atoms with Crippen LogP contribution in [-0.2, 0) is 9.59 Å². The van der Waals surface area contributed by atoms with Crippen molar-refractivity contribution in [3.8, 4) is 0 Å². The molecule has 136 valence electrons. The van der Waals surface area contributed by atoms with Crippen molar-refractivity contribution in [2.45, 2.75) is 90.0 Å². The molecule has 2 unspecified atom stereocenters.